The largest absolute Gasteiger partial charge is 0.357 e. The summed E-state index contributed by atoms with van der Waals surface area (Å²) in [7, 11) is 2.02. The molecule has 0 aliphatic carbocycles. The number of guanidine groups is 1. The number of aliphatic imine (C=N–C) groups is 1. The molecule has 2 aromatic heterocycles. The Balaban J connectivity index is 1.69. The molecule has 2 aromatic rings. The van der Waals surface area contributed by atoms with Gasteiger partial charge in [-0.1, -0.05) is 25.4 Å². The van der Waals surface area contributed by atoms with Crippen molar-refractivity contribution in [3.05, 3.63) is 40.3 Å². The normalized spacial score (nSPS) is 17.1. The van der Waals surface area contributed by atoms with Crippen molar-refractivity contribution >= 4 is 23.4 Å². The number of nitrogens with one attached hydrogen (secondary N) is 2. The van der Waals surface area contributed by atoms with Crippen LogP contribution in [0.3, 0.4) is 0 Å². The van der Waals surface area contributed by atoms with E-state index in [1.54, 1.807) is 6.20 Å². The highest BCUT2D eigenvalue weighted by molar-refractivity contribution is 6.32. The molecular weight excluding hydrogens is 386 g/mol. The number of nitrogens with zero attached hydrogens (tertiary/aromatic N) is 5. The second-order valence-corrected chi connectivity index (χ2v) is 7.69. The average Bonchev–Trinajstić information content (AvgIpc) is 3.30. The number of hydrogen-bond donors (Lipinski definition) is 2. The summed E-state index contributed by atoms with van der Waals surface area (Å²) >= 11 is 6.32. The van der Waals surface area contributed by atoms with Gasteiger partial charge < -0.3 is 15.5 Å². The molecule has 1 aliphatic heterocycles. The lowest BCUT2D eigenvalue weighted by Crippen LogP contribution is -2.44. The van der Waals surface area contributed by atoms with E-state index >= 15 is 0 Å². The van der Waals surface area contributed by atoms with Gasteiger partial charge in [0.05, 0.1) is 17.3 Å². The molecule has 1 atom stereocenters. The predicted octanol–water partition coefficient (Wildman–Crippen LogP) is 2.93. The Morgan fingerprint density at radius 1 is 1.31 bits per heavy atom. The minimum absolute atomic E-state index is 0.302. The van der Waals surface area contributed by atoms with Crippen molar-refractivity contribution in [3.63, 3.8) is 0 Å². The molecule has 0 aromatic carbocycles. The third-order valence-electron chi connectivity index (χ3n) is 5.34. The zero-order valence-corrected chi connectivity index (χ0v) is 18.6. The highest BCUT2D eigenvalue weighted by Gasteiger charge is 2.25. The van der Waals surface area contributed by atoms with Gasteiger partial charge in [0, 0.05) is 50.2 Å². The second kappa shape index (κ2) is 9.96. The van der Waals surface area contributed by atoms with Gasteiger partial charge >= 0.3 is 0 Å². The summed E-state index contributed by atoms with van der Waals surface area (Å²) in [6.45, 7) is 9.65. The zero-order valence-electron chi connectivity index (χ0n) is 17.9. The van der Waals surface area contributed by atoms with Crippen molar-refractivity contribution in [2.45, 2.75) is 52.6 Å². The van der Waals surface area contributed by atoms with Crippen molar-refractivity contribution < 1.29 is 0 Å². The molecule has 7 nitrogen and oxygen atoms in total. The summed E-state index contributed by atoms with van der Waals surface area (Å²) in [5.41, 5.74) is 3.65. The van der Waals surface area contributed by atoms with Crippen LogP contribution in [-0.2, 0) is 26.4 Å². The summed E-state index contributed by atoms with van der Waals surface area (Å²) in [6, 6.07) is 4.05. The Labute approximate surface area is 178 Å². The standard InChI is InChI=1S/C21H32ClN7/c1-5-18-16(19(6-2)28(4)27-18)13-25-21(23-7-3)26-15-10-12-29(14-15)20-17(22)9-8-11-24-20/h8-9,11,15H,5-7,10,12-14H2,1-4H3,(H2,23,25,26). The molecule has 29 heavy (non-hydrogen) atoms. The third kappa shape index (κ3) is 5.01. The van der Waals surface area contributed by atoms with E-state index in [9.17, 15) is 0 Å². The van der Waals surface area contributed by atoms with E-state index in [4.69, 9.17) is 16.6 Å². The highest BCUT2D eigenvalue weighted by Crippen LogP contribution is 2.25. The number of halogens is 1. The van der Waals surface area contributed by atoms with Crippen LogP contribution in [-0.4, -0.2) is 46.4 Å². The summed E-state index contributed by atoms with van der Waals surface area (Å²) in [5, 5.41) is 12.3. The summed E-state index contributed by atoms with van der Waals surface area (Å²) in [6.07, 6.45) is 4.69. The van der Waals surface area contributed by atoms with Gasteiger partial charge in [-0.25, -0.2) is 9.98 Å². The maximum Gasteiger partial charge on any atom is 0.191 e. The first kappa shape index (κ1) is 21.4. The number of aryl methyl sites for hydroxylation is 2. The van der Waals surface area contributed by atoms with Crippen LogP contribution < -0.4 is 15.5 Å². The van der Waals surface area contributed by atoms with Gasteiger partial charge in [-0.05, 0) is 38.3 Å². The van der Waals surface area contributed by atoms with E-state index in [1.807, 2.05) is 23.9 Å². The molecule has 1 saturated heterocycles. The molecule has 1 unspecified atom stereocenters. The lowest BCUT2D eigenvalue weighted by atomic mass is 10.1. The average molecular weight is 418 g/mol. The monoisotopic (exact) mass is 417 g/mol. The molecule has 0 radical (unpaired) electrons. The highest BCUT2D eigenvalue weighted by atomic mass is 35.5. The van der Waals surface area contributed by atoms with Crippen LogP contribution in [0.15, 0.2) is 23.3 Å². The van der Waals surface area contributed by atoms with Crippen LogP contribution in [0.1, 0.15) is 44.1 Å². The Kier molecular flexibility index (Phi) is 7.36. The Morgan fingerprint density at radius 3 is 2.83 bits per heavy atom. The molecule has 1 fully saturated rings. The van der Waals surface area contributed by atoms with Crippen LogP contribution in [0.4, 0.5) is 5.82 Å². The summed E-state index contributed by atoms with van der Waals surface area (Å²) in [5.74, 6) is 1.70. The fourth-order valence-electron chi connectivity index (χ4n) is 3.92. The summed E-state index contributed by atoms with van der Waals surface area (Å²) < 4.78 is 2.00. The van der Waals surface area contributed by atoms with Crippen LogP contribution in [0, 0.1) is 0 Å². The first-order chi connectivity index (χ1) is 14.1. The number of aromatic nitrogens is 3. The van der Waals surface area contributed by atoms with Crippen molar-refractivity contribution in [2.24, 2.45) is 12.0 Å². The molecule has 8 heteroatoms. The molecule has 1 aliphatic rings. The number of pyridine rings is 1. The van der Waals surface area contributed by atoms with E-state index in [0.29, 0.717) is 17.6 Å². The van der Waals surface area contributed by atoms with Crippen LogP contribution >= 0.6 is 11.6 Å². The van der Waals surface area contributed by atoms with Crippen LogP contribution in [0.2, 0.25) is 5.02 Å². The van der Waals surface area contributed by atoms with Crippen molar-refractivity contribution in [2.75, 3.05) is 24.5 Å². The Morgan fingerprint density at radius 2 is 2.14 bits per heavy atom. The van der Waals surface area contributed by atoms with Crippen LogP contribution in [0.25, 0.3) is 0 Å². The van der Waals surface area contributed by atoms with Gasteiger partial charge in [0.2, 0.25) is 0 Å². The van der Waals surface area contributed by atoms with Gasteiger partial charge in [-0.3, -0.25) is 4.68 Å². The first-order valence-corrected chi connectivity index (χ1v) is 10.9. The van der Waals surface area contributed by atoms with Crippen LogP contribution in [0.5, 0.6) is 0 Å². The number of anilines is 1. The SMILES string of the molecule is CCNC(=NCc1c(CC)nn(C)c1CC)NC1CCN(c2ncccc2Cl)C1. The van der Waals surface area contributed by atoms with Gasteiger partial charge in [0.1, 0.15) is 5.82 Å². The molecule has 0 bridgehead atoms. The van der Waals surface area contributed by atoms with E-state index in [-0.39, 0.29) is 0 Å². The number of hydrogen-bond acceptors (Lipinski definition) is 4. The van der Waals surface area contributed by atoms with Gasteiger partial charge in [0.15, 0.2) is 5.96 Å². The lowest BCUT2D eigenvalue weighted by Gasteiger charge is -2.20. The maximum absolute atomic E-state index is 6.32. The van der Waals surface area contributed by atoms with E-state index < -0.39 is 0 Å². The minimum atomic E-state index is 0.302. The minimum Gasteiger partial charge on any atom is -0.357 e. The molecule has 2 N–H and O–H groups in total. The third-order valence-corrected chi connectivity index (χ3v) is 5.63. The quantitative estimate of drug-likeness (QED) is 0.535. The smallest absolute Gasteiger partial charge is 0.191 e. The summed E-state index contributed by atoms with van der Waals surface area (Å²) in [4.78, 5) is 11.5. The first-order valence-electron chi connectivity index (χ1n) is 10.5. The van der Waals surface area contributed by atoms with Crippen molar-refractivity contribution in [1.29, 1.82) is 0 Å². The van der Waals surface area contributed by atoms with Crippen molar-refractivity contribution in [3.8, 4) is 0 Å². The zero-order chi connectivity index (χ0) is 20.8. The molecule has 158 valence electrons. The Bertz CT molecular complexity index is 846. The topological polar surface area (TPSA) is 70.4 Å². The van der Waals surface area contributed by atoms with Gasteiger partial charge in [0.25, 0.3) is 0 Å². The molecular formula is C21H32ClN7. The van der Waals surface area contributed by atoms with Gasteiger partial charge in [-0.15, -0.1) is 0 Å². The second-order valence-electron chi connectivity index (χ2n) is 7.28. The molecule has 3 rings (SSSR count). The lowest BCUT2D eigenvalue weighted by molar-refractivity contribution is 0.648. The van der Waals surface area contributed by atoms with E-state index in [0.717, 1.165) is 56.4 Å². The molecule has 0 amide bonds. The van der Waals surface area contributed by atoms with Crippen molar-refractivity contribution in [1.82, 2.24) is 25.4 Å². The van der Waals surface area contributed by atoms with Gasteiger partial charge in [-0.2, -0.15) is 5.10 Å². The Hall–Kier alpha value is -2.28. The number of rotatable bonds is 7. The molecule has 0 saturated carbocycles. The molecule has 0 spiro atoms. The fraction of sp³-hybridized carbons (Fsp3) is 0.571. The van der Waals surface area contributed by atoms with E-state index in [1.165, 1.54) is 11.3 Å². The predicted molar refractivity (Wildman–Crippen MR) is 120 cm³/mol. The van der Waals surface area contributed by atoms with E-state index in [2.05, 4.69) is 46.4 Å². The fourth-order valence-corrected chi connectivity index (χ4v) is 4.17. The maximum atomic E-state index is 6.32. The molecule has 3 heterocycles.